The Labute approximate surface area is 134 Å². The lowest BCUT2D eigenvalue weighted by atomic mass is 10.1. The molecule has 0 fully saturated rings. The number of aromatic nitrogens is 1. The van der Waals surface area contributed by atoms with E-state index < -0.39 is 5.97 Å². The van der Waals surface area contributed by atoms with Crippen LogP contribution in [0.2, 0.25) is 0 Å². The maximum Gasteiger partial charge on any atom is 0.344 e. The predicted octanol–water partition coefficient (Wildman–Crippen LogP) is 2.72. The lowest BCUT2D eigenvalue weighted by molar-refractivity contribution is -0.124. The highest BCUT2D eigenvalue weighted by atomic mass is 16.5. The van der Waals surface area contributed by atoms with Gasteiger partial charge in [-0.3, -0.25) is 4.79 Å². The molecule has 0 aliphatic carbocycles. The average Bonchev–Trinajstić information content (AvgIpc) is 2.95. The third-order valence-electron chi connectivity index (χ3n) is 3.47. The van der Waals surface area contributed by atoms with Crippen molar-refractivity contribution < 1.29 is 18.8 Å². The Balaban J connectivity index is 2.09. The predicted molar refractivity (Wildman–Crippen MR) is 84.9 cm³/mol. The third-order valence-corrected chi connectivity index (χ3v) is 3.47. The molecular weight excluding hydrogens is 296 g/mol. The molecule has 1 N–H and O–H groups in total. The number of benzene rings is 1. The highest BCUT2D eigenvalue weighted by Gasteiger charge is 2.23. The van der Waals surface area contributed by atoms with Crippen molar-refractivity contribution in [3.63, 3.8) is 0 Å². The number of esters is 1. The Morgan fingerprint density at radius 3 is 2.65 bits per heavy atom. The number of rotatable bonds is 6. The summed E-state index contributed by atoms with van der Waals surface area (Å²) < 4.78 is 10.2. The Morgan fingerprint density at radius 2 is 2.00 bits per heavy atom. The van der Waals surface area contributed by atoms with E-state index in [1.165, 1.54) is 0 Å². The van der Waals surface area contributed by atoms with Gasteiger partial charge in [0.15, 0.2) is 6.61 Å². The molecule has 2 rings (SSSR count). The van der Waals surface area contributed by atoms with E-state index in [-0.39, 0.29) is 24.1 Å². The van der Waals surface area contributed by atoms with Gasteiger partial charge in [-0.25, -0.2) is 4.79 Å². The van der Waals surface area contributed by atoms with Crippen molar-refractivity contribution in [3.8, 4) is 11.3 Å². The van der Waals surface area contributed by atoms with Gasteiger partial charge in [-0.2, -0.15) is 0 Å². The number of nitrogens with one attached hydrogen (secondary N) is 1. The summed E-state index contributed by atoms with van der Waals surface area (Å²) in [5, 5.41) is 6.66. The lowest BCUT2D eigenvalue weighted by Crippen LogP contribution is -2.35. The summed E-state index contributed by atoms with van der Waals surface area (Å²) >= 11 is 0. The second-order valence-corrected chi connectivity index (χ2v) is 5.28. The zero-order valence-corrected chi connectivity index (χ0v) is 13.5. The molecule has 1 aromatic carbocycles. The molecule has 6 heteroatoms. The summed E-state index contributed by atoms with van der Waals surface area (Å²) in [6.07, 6.45) is 0.808. The van der Waals surface area contributed by atoms with Crippen LogP contribution >= 0.6 is 0 Å². The molecule has 0 aliphatic rings. The zero-order valence-electron chi connectivity index (χ0n) is 13.5. The molecule has 0 spiro atoms. The molecule has 1 aromatic heterocycles. The van der Waals surface area contributed by atoms with Crippen LogP contribution in [0, 0.1) is 6.92 Å². The van der Waals surface area contributed by atoms with E-state index in [0.29, 0.717) is 11.5 Å². The average molecular weight is 316 g/mol. The fraction of sp³-hybridized carbons (Fsp3) is 0.353. The first-order chi connectivity index (χ1) is 11.0. The molecule has 0 bridgehead atoms. The molecule has 122 valence electrons. The second kappa shape index (κ2) is 7.58. The van der Waals surface area contributed by atoms with Crippen molar-refractivity contribution in [2.45, 2.75) is 33.2 Å². The normalized spacial score (nSPS) is 11.8. The number of carbonyl (C=O) groups excluding carboxylic acids is 2. The molecule has 0 unspecified atom stereocenters. The van der Waals surface area contributed by atoms with Gasteiger partial charge in [-0.05, 0) is 20.3 Å². The van der Waals surface area contributed by atoms with E-state index in [9.17, 15) is 9.59 Å². The van der Waals surface area contributed by atoms with Crippen molar-refractivity contribution in [3.05, 3.63) is 41.7 Å². The molecule has 23 heavy (non-hydrogen) atoms. The van der Waals surface area contributed by atoms with Crippen LogP contribution in [0.25, 0.3) is 11.3 Å². The number of aryl methyl sites for hydroxylation is 1. The van der Waals surface area contributed by atoms with Crippen LogP contribution in [-0.2, 0) is 9.53 Å². The molecule has 1 atom stereocenters. The topological polar surface area (TPSA) is 81.4 Å². The van der Waals surface area contributed by atoms with Gasteiger partial charge < -0.3 is 14.6 Å². The quantitative estimate of drug-likeness (QED) is 0.829. The monoisotopic (exact) mass is 316 g/mol. The first-order valence-corrected chi connectivity index (χ1v) is 7.51. The van der Waals surface area contributed by atoms with Crippen LogP contribution in [0.4, 0.5) is 0 Å². The minimum atomic E-state index is -0.623. The van der Waals surface area contributed by atoms with Crippen molar-refractivity contribution in [2.24, 2.45) is 0 Å². The van der Waals surface area contributed by atoms with E-state index in [1.54, 1.807) is 6.92 Å². The number of ether oxygens (including phenoxy) is 1. The van der Waals surface area contributed by atoms with E-state index in [2.05, 4.69) is 10.5 Å². The van der Waals surface area contributed by atoms with Crippen LogP contribution in [0.1, 0.15) is 36.4 Å². The van der Waals surface area contributed by atoms with Gasteiger partial charge in [0.2, 0.25) is 0 Å². The Hall–Kier alpha value is -2.63. The van der Waals surface area contributed by atoms with Crippen molar-refractivity contribution >= 4 is 11.9 Å². The lowest BCUT2D eigenvalue weighted by Gasteiger charge is -2.11. The van der Waals surface area contributed by atoms with Gasteiger partial charge in [0.1, 0.15) is 17.0 Å². The fourth-order valence-electron chi connectivity index (χ4n) is 2.03. The Morgan fingerprint density at radius 1 is 1.30 bits per heavy atom. The van der Waals surface area contributed by atoms with Gasteiger partial charge in [0, 0.05) is 11.6 Å². The molecule has 0 aliphatic heterocycles. The smallest absolute Gasteiger partial charge is 0.344 e. The summed E-state index contributed by atoms with van der Waals surface area (Å²) in [5.74, 6) is -0.596. The second-order valence-electron chi connectivity index (χ2n) is 5.28. The van der Waals surface area contributed by atoms with Gasteiger partial charge in [0.05, 0.1) is 0 Å². The van der Waals surface area contributed by atoms with Crippen molar-refractivity contribution in [1.82, 2.24) is 10.5 Å². The largest absolute Gasteiger partial charge is 0.452 e. The van der Waals surface area contributed by atoms with Gasteiger partial charge in [-0.1, -0.05) is 42.4 Å². The van der Waals surface area contributed by atoms with Crippen LogP contribution < -0.4 is 5.32 Å². The van der Waals surface area contributed by atoms with E-state index in [4.69, 9.17) is 9.26 Å². The third kappa shape index (κ3) is 4.18. The van der Waals surface area contributed by atoms with Crippen molar-refractivity contribution in [2.75, 3.05) is 6.61 Å². The number of hydrogen-bond donors (Lipinski definition) is 1. The number of hydrogen-bond acceptors (Lipinski definition) is 5. The first-order valence-electron chi connectivity index (χ1n) is 7.51. The van der Waals surface area contributed by atoms with E-state index in [1.807, 2.05) is 44.2 Å². The summed E-state index contributed by atoms with van der Waals surface area (Å²) in [6, 6.07) is 9.24. The SMILES string of the molecule is CC[C@H](C)NC(=O)COC(=O)c1c(-c2ccccc2)noc1C. The van der Waals surface area contributed by atoms with Gasteiger partial charge in [-0.15, -0.1) is 0 Å². The Kier molecular flexibility index (Phi) is 5.51. The van der Waals surface area contributed by atoms with E-state index in [0.717, 1.165) is 12.0 Å². The maximum absolute atomic E-state index is 12.3. The molecular formula is C17H20N2O4. The van der Waals surface area contributed by atoms with Gasteiger partial charge >= 0.3 is 5.97 Å². The Bertz CT molecular complexity index is 679. The summed E-state index contributed by atoms with van der Waals surface area (Å²) in [5.41, 5.74) is 1.41. The van der Waals surface area contributed by atoms with Gasteiger partial charge in [0.25, 0.3) is 5.91 Å². The highest BCUT2D eigenvalue weighted by Crippen LogP contribution is 2.25. The fourth-order valence-corrected chi connectivity index (χ4v) is 2.03. The van der Waals surface area contributed by atoms with Crippen LogP contribution in [0.3, 0.4) is 0 Å². The summed E-state index contributed by atoms with van der Waals surface area (Å²) in [6.45, 7) is 5.15. The molecule has 0 radical (unpaired) electrons. The molecule has 1 amide bonds. The number of nitrogens with zero attached hydrogens (tertiary/aromatic N) is 1. The minimum Gasteiger partial charge on any atom is -0.452 e. The minimum absolute atomic E-state index is 0.0402. The molecule has 1 heterocycles. The van der Waals surface area contributed by atoms with Crippen LogP contribution in [0.5, 0.6) is 0 Å². The van der Waals surface area contributed by atoms with Crippen molar-refractivity contribution in [1.29, 1.82) is 0 Å². The summed E-state index contributed by atoms with van der Waals surface area (Å²) in [7, 11) is 0. The first kappa shape index (κ1) is 16.7. The zero-order chi connectivity index (χ0) is 16.8. The summed E-state index contributed by atoms with van der Waals surface area (Å²) in [4.78, 5) is 24.0. The molecule has 0 saturated carbocycles. The number of amides is 1. The maximum atomic E-state index is 12.3. The van der Waals surface area contributed by atoms with Crippen LogP contribution in [-0.4, -0.2) is 29.7 Å². The molecule has 0 saturated heterocycles. The highest BCUT2D eigenvalue weighted by molar-refractivity contribution is 5.98. The molecule has 6 nitrogen and oxygen atoms in total. The number of carbonyl (C=O) groups is 2. The van der Waals surface area contributed by atoms with Crippen LogP contribution in [0.15, 0.2) is 34.9 Å². The molecule has 2 aromatic rings. The van der Waals surface area contributed by atoms with E-state index >= 15 is 0 Å². The standard InChI is InChI=1S/C17H20N2O4/c1-4-11(2)18-14(20)10-22-17(21)15-12(3)23-19-16(15)13-8-6-5-7-9-13/h5-9,11H,4,10H2,1-3H3,(H,18,20)/t11-/m0/s1.